The van der Waals surface area contributed by atoms with E-state index in [0.29, 0.717) is 24.9 Å². The summed E-state index contributed by atoms with van der Waals surface area (Å²) in [7, 11) is 0. The summed E-state index contributed by atoms with van der Waals surface area (Å²) in [6.07, 6.45) is 4.47. The summed E-state index contributed by atoms with van der Waals surface area (Å²) in [6, 6.07) is 11.6. The minimum atomic E-state index is -4.56. The summed E-state index contributed by atoms with van der Waals surface area (Å²) in [4.78, 5) is 22.0. The molecule has 0 radical (unpaired) electrons. The van der Waals surface area contributed by atoms with Gasteiger partial charge in [-0.1, -0.05) is 31.6 Å². The highest BCUT2D eigenvalue weighted by Crippen LogP contribution is 2.27. The molecule has 1 aromatic carbocycles. The Morgan fingerprint density at radius 1 is 1.10 bits per heavy atom. The molecule has 214 valence electrons. The first-order valence-electron chi connectivity index (χ1n) is 13.5. The molecule has 6 N–H and O–H groups in total. The Morgan fingerprint density at radius 2 is 1.85 bits per heavy atom. The van der Waals surface area contributed by atoms with E-state index in [9.17, 15) is 18.0 Å². The minimum absolute atomic E-state index is 0.149. The number of allylic oxidation sites excluding steroid dienone is 1. The molecule has 1 amide bonds. The summed E-state index contributed by atoms with van der Waals surface area (Å²) in [5.74, 6) is 0.567. The lowest BCUT2D eigenvalue weighted by atomic mass is 9.89. The zero-order valence-corrected chi connectivity index (χ0v) is 22.3. The van der Waals surface area contributed by atoms with E-state index in [1.165, 1.54) is 0 Å². The van der Waals surface area contributed by atoms with Crippen LogP contribution in [0, 0.1) is 0 Å². The highest BCUT2D eigenvalue weighted by Gasteiger charge is 2.33. The van der Waals surface area contributed by atoms with Crippen molar-refractivity contribution in [1.82, 2.24) is 15.2 Å². The van der Waals surface area contributed by atoms with Crippen molar-refractivity contribution in [2.45, 2.75) is 62.8 Å². The molecular formula is C29H36F3N7O. The normalized spacial score (nSPS) is 22.3. The predicted molar refractivity (Wildman–Crippen MR) is 152 cm³/mol. The number of anilines is 1. The lowest BCUT2D eigenvalue weighted by Gasteiger charge is -2.40. The molecule has 1 aromatic heterocycles. The smallest absolute Gasteiger partial charge is 0.404 e. The van der Waals surface area contributed by atoms with Crippen LogP contribution in [-0.2, 0) is 0 Å². The van der Waals surface area contributed by atoms with Crippen LogP contribution in [0.2, 0.25) is 0 Å². The first kappa shape index (κ1) is 29.1. The standard InChI is InChI=1S/C29H36F3N7O/c1-19(36-17-23(16-33)29(30,31)32)39-13-5-8-24(18-39)37-25-9-2-3-10-26(25)38-27-15-21(11-12-35-27)20-6-4-7-22(14-20)28(34)40/h4,6-7,11-12,14-17,24-26,37H,1-3,5,8-10,13,18,33H2,(H2,34,40)(H,35,38)/b23-16+,36-17?/t24-,25+,26+/m0/s1. The molecule has 1 saturated carbocycles. The highest BCUT2D eigenvalue weighted by atomic mass is 19.4. The number of carbonyl (C=O) groups excluding carboxylic acids is 1. The summed E-state index contributed by atoms with van der Waals surface area (Å²) in [5, 5.41) is 7.40. The van der Waals surface area contributed by atoms with E-state index in [0.717, 1.165) is 61.7 Å². The number of piperidine rings is 1. The number of likely N-dealkylation sites (tertiary alicyclic amines) is 1. The van der Waals surface area contributed by atoms with Gasteiger partial charge in [0.15, 0.2) is 0 Å². The van der Waals surface area contributed by atoms with Crippen LogP contribution >= 0.6 is 0 Å². The van der Waals surface area contributed by atoms with Crippen molar-refractivity contribution in [3.05, 3.63) is 72.3 Å². The van der Waals surface area contributed by atoms with Gasteiger partial charge in [-0.05, 0) is 61.1 Å². The number of alkyl halides is 3. The third kappa shape index (κ3) is 7.62. The Labute approximate surface area is 232 Å². The molecule has 8 nitrogen and oxygen atoms in total. The predicted octanol–water partition coefficient (Wildman–Crippen LogP) is 4.57. The van der Waals surface area contributed by atoms with E-state index >= 15 is 0 Å². The molecule has 11 heteroatoms. The number of nitrogens with zero attached hydrogens (tertiary/aromatic N) is 3. The van der Waals surface area contributed by atoms with Gasteiger partial charge in [0, 0.05) is 55.4 Å². The fraction of sp³-hybridized carbons (Fsp3) is 0.414. The van der Waals surface area contributed by atoms with Gasteiger partial charge in [-0.2, -0.15) is 13.2 Å². The van der Waals surface area contributed by atoms with Crippen LogP contribution in [0.4, 0.5) is 19.0 Å². The Hall–Kier alpha value is -3.86. The molecule has 0 bridgehead atoms. The molecule has 0 spiro atoms. The van der Waals surface area contributed by atoms with E-state index in [4.69, 9.17) is 11.5 Å². The average molecular weight is 556 g/mol. The van der Waals surface area contributed by atoms with Crippen LogP contribution < -0.4 is 22.1 Å². The summed E-state index contributed by atoms with van der Waals surface area (Å²) in [6.45, 7) is 5.18. The van der Waals surface area contributed by atoms with Crippen LogP contribution in [0.3, 0.4) is 0 Å². The van der Waals surface area contributed by atoms with Gasteiger partial charge in [0.2, 0.25) is 5.91 Å². The topological polar surface area (TPSA) is 122 Å². The third-order valence-electron chi connectivity index (χ3n) is 7.44. The molecule has 4 rings (SSSR count). The number of pyridine rings is 1. The largest absolute Gasteiger partial charge is 0.419 e. The van der Waals surface area contributed by atoms with Crippen LogP contribution in [0.25, 0.3) is 11.1 Å². The van der Waals surface area contributed by atoms with E-state index in [-0.39, 0.29) is 23.9 Å². The number of aromatic nitrogens is 1. The Morgan fingerprint density at radius 3 is 2.58 bits per heavy atom. The number of carbonyl (C=O) groups is 1. The number of hydrogen-bond donors (Lipinski definition) is 4. The fourth-order valence-corrected chi connectivity index (χ4v) is 5.32. The van der Waals surface area contributed by atoms with Gasteiger partial charge in [0.1, 0.15) is 11.6 Å². The van der Waals surface area contributed by atoms with Crippen molar-refractivity contribution in [1.29, 1.82) is 0 Å². The average Bonchev–Trinajstić information content (AvgIpc) is 2.94. The molecule has 40 heavy (non-hydrogen) atoms. The van der Waals surface area contributed by atoms with Crippen molar-refractivity contribution in [3.63, 3.8) is 0 Å². The van der Waals surface area contributed by atoms with Crippen LogP contribution in [-0.4, -0.2) is 59.4 Å². The summed E-state index contributed by atoms with van der Waals surface area (Å²) < 4.78 is 38.9. The molecule has 1 saturated heterocycles. The van der Waals surface area contributed by atoms with Gasteiger partial charge >= 0.3 is 6.18 Å². The van der Waals surface area contributed by atoms with E-state index in [1.807, 2.05) is 29.2 Å². The molecule has 2 fully saturated rings. The molecular weight excluding hydrogens is 519 g/mol. The second kappa shape index (κ2) is 13.0. The van der Waals surface area contributed by atoms with Gasteiger partial charge < -0.3 is 27.0 Å². The molecule has 3 atom stereocenters. The van der Waals surface area contributed by atoms with Crippen molar-refractivity contribution in [2.24, 2.45) is 16.5 Å². The number of aliphatic imine (C=N–C) groups is 1. The lowest BCUT2D eigenvalue weighted by Crippen LogP contribution is -2.54. The maximum Gasteiger partial charge on any atom is 0.419 e. The highest BCUT2D eigenvalue weighted by molar-refractivity contribution is 5.94. The molecule has 2 aromatic rings. The van der Waals surface area contributed by atoms with Crippen LogP contribution in [0.5, 0.6) is 0 Å². The van der Waals surface area contributed by atoms with Gasteiger partial charge in [-0.3, -0.25) is 4.79 Å². The fourth-order valence-electron chi connectivity index (χ4n) is 5.32. The Kier molecular flexibility index (Phi) is 9.46. The van der Waals surface area contributed by atoms with E-state index < -0.39 is 17.7 Å². The molecule has 0 unspecified atom stereocenters. The number of hydrogen-bond acceptors (Lipinski definition) is 7. The zero-order valence-electron chi connectivity index (χ0n) is 22.3. The molecule has 2 aliphatic rings. The van der Waals surface area contributed by atoms with Crippen LogP contribution in [0.15, 0.2) is 71.8 Å². The van der Waals surface area contributed by atoms with Crippen molar-refractivity contribution in [3.8, 4) is 11.1 Å². The van der Waals surface area contributed by atoms with Gasteiger partial charge in [-0.15, -0.1) is 0 Å². The first-order valence-corrected chi connectivity index (χ1v) is 13.5. The number of rotatable bonds is 9. The lowest BCUT2D eigenvalue weighted by molar-refractivity contribution is -0.0857. The monoisotopic (exact) mass is 555 g/mol. The second-order valence-corrected chi connectivity index (χ2v) is 10.3. The van der Waals surface area contributed by atoms with Gasteiger partial charge in [0.05, 0.1) is 5.57 Å². The number of nitrogens with one attached hydrogen (secondary N) is 2. The van der Waals surface area contributed by atoms with Gasteiger partial charge in [0.25, 0.3) is 0 Å². The SMILES string of the molecule is C=C(N=C/C(=C\N)C(F)(F)F)N1CCC[C@H](N[C@@H]2CCCC[C@H]2Nc2cc(-c3cccc(C(N)=O)c3)ccn2)C1. The zero-order chi connectivity index (χ0) is 28.7. The number of halogens is 3. The second-order valence-electron chi connectivity index (χ2n) is 10.3. The number of nitrogens with two attached hydrogens (primary N) is 2. The van der Waals surface area contributed by atoms with Gasteiger partial charge in [-0.25, -0.2) is 9.98 Å². The molecule has 1 aliphatic heterocycles. The molecule has 2 heterocycles. The summed E-state index contributed by atoms with van der Waals surface area (Å²) >= 11 is 0. The quantitative estimate of drug-likeness (QED) is 0.336. The third-order valence-corrected chi connectivity index (χ3v) is 7.44. The Bertz CT molecular complexity index is 1260. The number of primary amides is 1. The Balaban J connectivity index is 1.39. The molecule has 1 aliphatic carbocycles. The summed E-state index contributed by atoms with van der Waals surface area (Å²) in [5.41, 5.74) is 11.8. The maximum atomic E-state index is 13.0. The van der Waals surface area contributed by atoms with E-state index in [2.05, 4.69) is 27.2 Å². The number of amides is 1. The van der Waals surface area contributed by atoms with Crippen molar-refractivity contribution < 1.29 is 18.0 Å². The van der Waals surface area contributed by atoms with Crippen molar-refractivity contribution >= 4 is 17.9 Å². The first-order chi connectivity index (χ1) is 19.1. The van der Waals surface area contributed by atoms with Crippen LogP contribution in [0.1, 0.15) is 48.9 Å². The van der Waals surface area contributed by atoms with Crippen molar-refractivity contribution in [2.75, 3.05) is 18.4 Å². The van der Waals surface area contributed by atoms with E-state index in [1.54, 1.807) is 18.3 Å². The minimum Gasteiger partial charge on any atom is -0.404 e. The number of benzene rings is 1. The maximum absolute atomic E-state index is 13.0.